The molecule has 1 rings (SSSR count). The molecule has 16 heavy (non-hydrogen) atoms. The predicted octanol–water partition coefficient (Wildman–Crippen LogP) is 3.58. The van der Waals surface area contributed by atoms with E-state index in [1.807, 2.05) is 24.3 Å². The van der Waals surface area contributed by atoms with Crippen molar-refractivity contribution in [3.8, 4) is 5.75 Å². The second kappa shape index (κ2) is 6.56. The van der Waals surface area contributed by atoms with Crippen LogP contribution in [0.15, 0.2) is 30.9 Å². The van der Waals surface area contributed by atoms with E-state index in [-0.39, 0.29) is 6.04 Å². The summed E-state index contributed by atoms with van der Waals surface area (Å²) in [5.74, 6) is 0.859. The molecule has 0 fully saturated rings. The van der Waals surface area contributed by atoms with Crippen LogP contribution >= 0.6 is 11.6 Å². The number of halogens is 1. The first-order valence-electron chi connectivity index (χ1n) is 5.40. The molecule has 1 aromatic carbocycles. The van der Waals surface area contributed by atoms with Crippen molar-refractivity contribution < 1.29 is 4.74 Å². The fraction of sp³-hybridized carbons (Fsp3) is 0.385. The zero-order chi connectivity index (χ0) is 12.0. The molecule has 0 aliphatic carbocycles. The Hall–Kier alpha value is -0.990. The Labute approximate surface area is 102 Å². The SMILES string of the molecule is C=CCC(NCC)c1cc(Cl)ccc1OC. The van der Waals surface area contributed by atoms with Crippen molar-refractivity contribution in [3.63, 3.8) is 0 Å². The van der Waals surface area contributed by atoms with Crippen LogP contribution in [0.4, 0.5) is 0 Å². The molecule has 0 heterocycles. The molecule has 0 spiro atoms. The molecule has 0 saturated heterocycles. The Morgan fingerprint density at radius 2 is 2.31 bits per heavy atom. The van der Waals surface area contributed by atoms with E-state index in [1.165, 1.54) is 0 Å². The molecule has 1 unspecified atom stereocenters. The average molecular weight is 240 g/mol. The second-order valence-electron chi connectivity index (χ2n) is 3.52. The standard InChI is InChI=1S/C13H18ClNO/c1-4-6-12(15-5-2)11-9-10(14)7-8-13(11)16-3/h4,7-9,12,15H,1,5-6H2,2-3H3. The average Bonchev–Trinajstić information content (AvgIpc) is 2.29. The van der Waals surface area contributed by atoms with Gasteiger partial charge in [0, 0.05) is 16.6 Å². The largest absolute Gasteiger partial charge is 0.496 e. The Morgan fingerprint density at radius 3 is 2.88 bits per heavy atom. The maximum atomic E-state index is 6.01. The van der Waals surface area contributed by atoms with Gasteiger partial charge < -0.3 is 10.1 Å². The third-order valence-corrected chi connectivity index (χ3v) is 2.66. The topological polar surface area (TPSA) is 21.3 Å². The van der Waals surface area contributed by atoms with E-state index in [0.717, 1.165) is 29.3 Å². The van der Waals surface area contributed by atoms with Crippen LogP contribution in [0.2, 0.25) is 5.02 Å². The van der Waals surface area contributed by atoms with Crippen molar-refractivity contribution in [1.82, 2.24) is 5.32 Å². The summed E-state index contributed by atoms with van der Waals surface area (Å²) >= 11 is 6.01. The molecule has 0 bridgehead atoms. The summed E-state index contributed by atoms with van der Waals surface area (Å²) in [5, 5.41) is 4.12. The summed E-state index contributed by atoms with van der Waals surface area (Å²) < 4.78 is 5.34. The summed E-state index contributed by atoms with van der Waals surface area (Å²) in [6.07, 6.45) is 2.75. The summed E-state index contributed by atoms with van der Waals surface area (Å²) in [4.78, 5) is 0. The number of methoxy groups -OCH3 is 1. The number of ether oxygens (including phenoxy) is 1. The predicted molar refractivity (Wildman–Crippen MR) is 69.2 cm³/mol. The fourth-order valence-corrected chi connectivity index (χ4v) is 1.89. The first kappa shape index (κ1) is 13.1. The molecule has 0 aromatic heterocycles. The molecule has 1 aromatic rings. The summed E-state index contributed by atoms with van der Waals surface area (Å²) in [6.45, 7) is 6.75. The molecule has 0 saturated carbocycles. The lowest BCUT2D eigenvalue weighted by atomic mass is 10.0. The summed E-state index contributed by atoms with van der Waals surface area (Å²) in [5.41, 5.74) is 1.08. The van der Waals surface area contributed by atoms with Crippen molar-refractivity contribution in [1.29, 1.82) is 0 Å². The molecule has 88 valence electrons. The zero-order valence-electron chi connectivity index (χ0n) is 9.79. The monoisotopic (exact) mass is 239 g/mol. The zero-order valence-corrected chi connectivity index (χ0v) is 10.6. The van der Waals surface area contributed by atoms with Crippen LogP contribution < -0.4 is 10.1 Å². The maximum Gasteiger partial charge on any atom is 0.123 e. The fourth-order valence-electron chi connectivity index (χ4n) is 1.71. The molecule has 0 aliphatic heterocycles. The van der Waals surface area contributed by atoms with Crippen molar-refractivity contribution in [2.45, 2.75) is 19.4 Å². The molecule has 0 aliphatic rings. The van der Waals surface area contributed by atoms with Gasteiger partial charge in [0.05, 0.1) is 7.11 Å². The van der Waals surface area contributed by atoms with E-state index in [2.05, 4.69) is 18.8 Å². The van der Waals surface area contributed by atoms with Crippen molar-refractivity contribution in [2.24, 2.45) is 0 Å². The van der Waals surface area contributed by atoms with Crippen LogP contribution in [0.1, 0.15) is 24.9 Å². The molecule has 0 amide bonds. The molecule has 1 N–H and O–H groups in total. The minimum atomic E-state index is 0.205. The first-order chi connectivity index (χ1) is 7.72. The highest BCUT2D eigenvalue weighted by molar-refractivity contribution is 6.30. The van der Waals surface area contributed by atoms with Gasteiger partial charge in [-0.05, 0) is 31.2 Å². The van der Waals surface area contributed by atoms with Gasteiger partial charge >= 0.3 is 0 Å². The minimum Gasteiger partial charge on any atom is -0.496 e. The highest BCUT2D eigenvalue weighted by atomic mass is 35.5. The van der Waals surface area contributed by atoms with Crippen LogP contribution in [-0.2, 0) is 0 Å². The number of hydrogen-bond donors (Lipinski definition) is 1. The normalized spacial score (nSPS) is 12.2. The van der Waals surface area contributed by atoms with Crippen LogP contribution in [0.25, 0.3) is 0 Å². The number of benzene rings is 1. The van der Waals surface area contributed by atoms with E-state index in [9.17, 15) is 0 Å². The molecule has 2 nitrogen and oxygen atoms in total. The Bertz CT molecular complexity index is 352. The molecule has 1 atom stereocenters. The van der Waals surface area contributed by atoms with E-state index in [1.54, 1.807) is 7.11 Å². The van der Waals surface area contributed by atoms with Gasteiger partial charge in [0.2, 0.25) is 0 Å². The van der Waals surface area contributed by atoms with Crippen LogP contribution in [0.5, 0.6) is 5.75 Å². The van der Waals surface area contributed by atoms with Crippen molar-refractivity contribution in [3.05, 3.63) is 41.4 Å². The van der Waals surface area contributed by atoms with Crippen molar-refractivity contribution in [2.75, 3.05) is 13.7 Å². The lowest BCUT2D eigenvalue weighted by Crippen LogP contribution is -2.20. The lowest BCUT2D eigenvalue weighted by Gasteiger charge is -2.19. The van der Waals surface area contributed by atoms with Gasteiger partial charge in [-0.25, -0.2) is 0 Å². The Kier molecular flexibility index (Phi) is 5.36. The Balaban J connectivity index is 3.04. The van der Waals surface area contributed by atoms with Gasteiger partial charge in [0.25, 0.3) is 0 Å². The second-order valence-corrected chi connectivity index (χ2v) is 3.96. The van der Waals surface area contributed by atoms with E-state index < -0.39 is 0 Å². The van der Waals surface area contributed by atoms with Gasteiger partial charge in [-0.1, -0.05) is 24.6 Å². The van der Waals surface area contributed by atoms with Gasteiger partial charge in [0.15, 0.2) is 0 Å². The quantitative estimate of drug-likeness (QED) is 0.767. The van der Waals surface area contributed by atoms with E-state index in [0.29, 0.717) is 0 Å². The highest BCUT2D eigenvalue weighted by Gasteiger charge is 2.14. The molecule has 0 radical (unpaired) electrons. The van der Waals surface area contributed by atoms with Crippen LogP contribution in [0.3, 0.4) is 0 Å². The van der Waals surface area contributed by atoms with Crippen LogP contribution in [0, 0.1) is 0 Å². The van der Waals surface area contributed by atoms with E-state index >= 15 is 0 Å². The third kappa shape index (κ3) is 3.26. The van der Waals surface area contributed by atoms with Gasteiger partial charge in [-0.15, -0.1) is 6.58 Å². The number of rotatable bonds is 6. The summed E-state index contributed by atoms with van der Waals surface area (Å²) in [6, 6.07) is 5.87. The lowest BCUT2D eigenvalue weighted by molar-refractivity contribution is 0.400. The van der Waals surface area contributed by atoms with E-state index in [4.69, 9.17) is 16.3 Å². The highest BCUT2D eigenvalue weighted by Crippen LogP contribution is 2.30. The third-order valence-electron chi connectivity index (χ3n) is 2.42. The van der Waals surface area contributed by atoms with Gasteiger partial charge in [-0.3, -0.25) is 0 Å². The molecular weight excluding hydrogens is 222 g/mol. The number of nitrogens with one attached hydrogen (secondary N) is 1. The number of hydrogen-bond acceptors (Lipinski definition) is 2. The van der Waals surface area contributed by atoms with Gasteiger partial charge in [0.1, 0.15) is 5.75 Å². The summed E-state index contributed by atoms with van der Waals surface area (Å²) in [7, 11) is 1.67. The minimum absolute atomic E-state index is 0.205. The maximum absolute atomic E-state index is 6.01. The molecular formula is C13H18ClNO. The Morgan fingerprint density at radius 1 is 1.56 bits per heavy atom. The molecule has 3 heteroatoms. The first-order valence-corrected chi connectivity index (χ1v) is 5.78. The van der Waals surface area contributed by atoms with Crippen molar-refractivity contribution >= 4 is 11.6 Å². The smallest absolute Gasteiger partial charge is 0.123 e. The van der Waals surface area contributed by atoms with Crippen LogP contribution in [-0.4, -0.2) is 13.7 Å². The van der Waals surface area contributed by atoms with Gasteiger partial charge in [-0.2, -0.15) is 0 Å².